The Hall–Kier alpha value is -3.88. The van der Waals surface area contributed by atoms with Gasteiger partial charge in [0.15, 0.2) is 0 Å². The third-order valence-corrected chi connectivity index (χ3v) is 5.48. The smallest absolute Gasteiger partial charge is 0.324 e. The molecule has 4 rings (SSSR count). The van der Waals surface area contributed by atoms with Crippen molar-refractivity contribution in [1.82, 2.24) is 19.4 Å². The highest BCUT2D eigenvalue weighted by atomic mass is 16.2. The number of hydrogen-bond acceptors (Lipinski definition) is 4. The molecule has 2 heterocycles. The molecule has 2 aromatic carbocycles. The third kappa shape index (κ3) is 2.95. The summed E-state index contributed by atoms with van der Waals surface area (Å²) < 4.78 is 2.99. The number of carbonyl (C=O) groups excluding carboxylic acids is 3. The van der Waals surface area contributed by atoms with Gasteiger partial charge in [0.2, 0.25) is 5.91 Å². The van der Waals surface area contributed by atoms with Crippen LogP contribution >= 0.6 is 0 Å². The summed E-state index contributed by atoms with van der Waals surface area (Å²) >= 11 is 0. The maximum Gasteiger partial charge on any atom is 0.328 e. The van der Waals surface area contributed by atoms with Crippen LogP contribution in [0, 0.1) is 0 Å². The molecule has 0 unspecified atom stereocenters. The predicted molar refractivity (Wildman–Crippen MR) is 111 cm³/mol. The molecule has 9 heteroatoms. The van der Waals surface area contributed by atoms with Crippen LogP contribution in [0.15, 0.2) is 53.3 Å². The Morgan fingerprint density at radius 1 is 1.00 bits per heavy atom. The molecule has 0 bridgehead atoms. The average Bonchev–Trinajstić information content (AvgIpc) is 3.08. The molecule has 0 aliphatic carbocycles. The van der Waals surface area contributed by atoms with Crippen LogP contribution in [0.1, 0.15) is 12.5 Å². The van der Waals surface area contributed by atoms with Gasteiger partial charge in [-0.1, -0.05) is 30.3 Å². The van der Waals surface area contributed by atoms with Crippen LogP contribution in [0.2, 0.25) is 0 Å². The number of urea groups is 1. The van der Waals surface area contributed by atoms with Gasteiger partial charge >= 0.3 is 11.7 Å². The Balaban J connectivity index is 1.52. The first kappa shape index (κ1) is 19.4. The summed E-state index contributed by atoms with van der Waals surface area (Å²) in [5.74, 6) is -1.01. The number of aryl methyl sites for hydroxylation is 2. The van der Waals surface area contributed by atoms with Crippen LogP contribution in [0.3, 0.4) is 0 Å². The molecule has 3 aromatic rings. The summed E-state index contributed by atoms with van der Waals surface area (Å²) in [5.41, 5.74) is 1.10. The highest BCUT2D eigenvalue weighted by Crippen LogP contribution is 2.28. The monoisotopic (exact) mass is 407 g/mol. The van der Waals surface area contributed by atoms with E-state index in [1.807, 2.05) is 6.07 Å². The number of carbonyl (C=O) groups is 3. The summed E-state index contributed by atoms with van der Waals surface area (Å²) in [5, 5.41) is 5.36. The minimum absolute atomic E-state index is 0.173. The van der Waals surface area contributed by atoms with Crippen LogP contribution in [0.4, 0.5) is 10.5 Å². The highest BCUT2D eigenvalue weighted by molar-refractivity contribution is 6.10. The number of amides is 4. The van der Waals surface area contributed by atoms with E-state index < -0.39 is 29.9 Å². The molecule has 1 aliphatic heterocycles. The number of nitrogens with one attached hydrogen (secondary N) is 2. The molecule has 1 fully saturated rings. The first-order valence-corrected chi connectivity index (χ1v) is 9.37. The summed E-state index contributed by atoms with van der Waals surface area (Å²) in [6, 6.07) is 13.3. The second-order valence-corrected chi connectivity index (χ2v) is 7.46. The summed E-state index contributed by atoms with van der Waals surface area (Å²) in [6.45, 7) is 1.20. The summed E-state index contributed by atoms with van der Waals surface area (Å²) in [4.78, 5) is 50.8. The fourth-order valence-corrected chi connectivity index (χ4v) is 3.74. The molecule has 1 aromatic heterocycles. The SMILES string of the molecule is Cn1c(=O)n(C)c2cc(NC(=O)CN3C(=O)N[C@@](C)(c4ccccc4)C3=O)ccc21. The van der Waals surface area contributed by atoms with Gasteiger partial charge in [-0.15, -0.1) is 0 Å². The normalized spacial score (nSPS) is 18.7. The van der Waals surface area contributed by atoms with Gasteiger partial charge in [-0.25, -0.2) is 9.59 Å². The van der Waals surface area contributed by atoms with Crippen LogP contribution in [-0.2, 0) is 29.2 Å². The van der Waals surface area contributed by atoms with Crippen molar-refractivity contribution in [3.05, 3.63) is 64.6 Å². The maximum absolute atomic E-state index is 12.9. The lowest BCUT2D eigenvalue weighted by Crippen LogP contribution is -2.42. The van der Waals surface area contributed by atoms with Crippen molar-refractivity contribution in [2.24, 2.45) is 14.1 Å². The Kier molecular flexibility index (Phi) is 4.45. The molecule has 9 nitrogen and oxygen atoms in total. The minimum Gasteiger partial charge on any atom is -0.324 e. The van der Waals surface area contributed by atoms with E-state index in [2.05, 4.69) is 10.6 Å². The number of anilines is 1. The lowest BCUT2D eigenvalue weighted by molar-refractivity contribution is -0.133. The first-order chi connectivity index (χ1) is 14.2. The van der Waals surface area contributed by atoms with E-state index >= 15 is 0 Å². The van der Waals surface area contributed by atoms with Crippen molar-refractivity contribution in [2.75, 3.05) is 11.9 Å². The van der Waals surface area contributed by atoms with Gasteiger partial charge in [-0.2, -0.15) is 0 Å². The zero-order chi connectivity index (χ0) is 21.6. The van der Waals surface area contributed by atoms with Crippen molar-refractivity contribution < 1.29 is 14.4 Å². The zero-order valence-electron chi connectivity index (χ0n) is 16.8. The van der Waals surface area contributed by atoms with E-state index in [1.165, 1.54) is 9.13 Å². The molecular formula is C21H21N5O4. The fraction of sp³-hybridized carbons (Fsp3) is 0.238. The second kappa shape index (κ2) is 6.87. The highest BCUT2D eigenvalue weighted by Gasteiger charge is 2.49. The molecule has 0 spiro atoms. The van der Waals surface area contributed by atoms with Gasteiger partial charge in [0.25, 0.3) is 5.91 Å². The topological polar surface area (TPSA) is 105 Å². The quantitative estimate of drug-likeness (QED) is 0.636. The number of hydrogen-bond donors (Lipinski definition) is 2. The molecule has 1 saturated heterocycles. The Morgan fingerprint density at radius 2 is 1.67 bits per heavy atom. The van der Waals surface area contributed by atoms with Gasteiger partial charge < -0.3 is 10.6 Å². The van der Waals surface area contributed by atoms with Gasteiger partial charge in [-0.05, 0) is 30.7 Å². The average molecular weight is 407 g/mol. The predicted octanol–water partition coefficient (Wildman–Crippen LogP) is 1.28. The summed E-state index contributed by atoms with van der Waals surface area (Å²) in [6.07, 6.45) is 0. The molecule has 4 amide bonds. The number of imidazole rings is 1. The number of nitrogens with zero attached hydrogens (tertiary/aromatic N) is 3. The number of rotatable bonds is 4. The largest absolute Gasteiger partial charge is 0.328 e. The van der Waals surface area contributed by atoms with Gasteiger partial charge in [0.05, 0.1) is 11.0 Å². The van der Waals surface area contributed by atoms with Gasteiger partial charge in [0.1, 0.15) is 12.1 Å². The number of fused-ring (bicyclic) bond motifs is 1. The van der Waals surface area contributed by atoms with Crippen LogP contribution in [0.5, 0.6) is 0 Å². The van der Waals surface area contributed by atoms with E-state index in [-0.39, 0.29) is 5.69 Å². The van der Waals surface area contributed by atoms with Crippen LogP contribution < -0.4 is 16.3 Å². The Morgan fingerprint density at radius 3 is 2.37 bits per heavy atom. The van der Waals surface area contributed by atoms with E-state index in [0.29, 0.717) is 16.8 Å². The third-order valence-electron chi connectivity index (χ3n) is 5.48. The molecule has 0 saturated carbocycles. The van der Waals surface area contributed by atoms with Crippen molar-refractivity contribution in [3.8, 4) is 0 Å². The minimum atomic E-state index is -1.22. The van der Waals surface area contributed by atoms with Crippen molar-refractivity contribution in [2.45, 2.75) is 12.5 Å². The van der Waals surface area contributed by atoms with E-state index in [4.69, 9.17) is 0 Å². The molecule has 2 N–H and O–H groups in total. The molecule has 154 valence electrons. The fourth-order valence-electron chi connectivity index (χ4n) is 3.74. The zero-order valence-corrected chi connectivity index (χ0v) is 16.8. The van der Waals surface area contributed by atoms with Crippen molar-refractivity contribution in [3.63, 3.8) is 0 Å². The van der Waals surface area contributed by atoms with Crippen LogP contribution in [-0.4, -0.2) is 38.4 Å². The molecule has 30 heavy (non-hydrogen) atoms. The van der Waals surface area contributed by atoms with Crippen LogP contribution in [0.25, 0.3) is 11.0 Å². The van der Waals surface area contributed by atoms with Crippen molar-refractivity contribution >= 4 is 34.6 Å². The molecule has 1 atom stereocenters. The number of benzene rings is 2. The maximum atomic E-state index is 12.9. The molecule has 0 radical (unpaired) electrons. The second-order valence-electron chi connectivity index (χ2n) is 7.46. The lowest BCUT2D eigenvalue weighted by Gasteiger charge is -2.22. The standard InChI is InChI=1S/C21H21N5O4/c1-21(13-7-5-4-6-8-13)18(28)26(19(29)23-21)12-17(27)22-14-9-10-15-16(11-14)25(3)20(30)24(15)2/h4-11H,12H2,1-3H3,(H,22,27)(H,23,29)/t21-/m0/s1. The number of aromatic nitrogens is 2. The Labute approximate surface area is 171 Å². The molecule has 1 aliphatic rings. The number of imide groups is 1. The van der Waals surface area contributed by atoms with E-state index in [9.17, 15) is 19.2 Å². The first-order valence-electron chi connectivity index (χ1n) is 9.37. The Bertz CT molecular complexity index is 1240. The summed E-state index contributed by atoms with van der Waals surface area (Å²) in [7, 11) is 3.32. The van der Waals surface area contributed by atoms with Crippen molar-refractivity contribution in [1.29, 1.82) is 0 Å². The van der Waals surface area contributed by atoms with Gasteiger partial charge in [-0.3, -0.25) is 23.6 Å². The lowest BCUT2D eigenvalue weighted by atomic mass is 9.92. The molecular weight excluding hydrogens is 386 g/mol. The van der Waals surface area contributed by atoms with E-state index in [0.717, 1.165) is 10.4 Å². The van der Waals surface area contributed by atoms with E-state index in [1.54, 1.807) is 63.5 Å². The van der Waals surface area contributed by atoms with Gasteiger partial charge in [0, 0.05) is 19.8 Å².